The number of aromatic nitrogens is 3. The first kappa shape index (κ1) is 85.8. The van der Waals surface area contributed by atoms with Gasteiger partial charge in [-0.2, -0.15) is 11.8 Å². The minimum absolute atomic E-state index is 0.0119. The van der Waals surface area contributed by atoms with E-state index in [1.807, 2.05) is 92.9 Å². The molecule has 0 bridgehead atoms. The lowest BCUT2D eigenvalue weighted by atomic mass is 9.98. The third-order valence-electron chi connectivity index (χ3n) is 20.4. The van der Waals surface area contributed by atoms with Gasteiger partial charge in [0.15, 0.2) is 0 Å². The third kappa shape index (κ3) is 23.7. The number of unbranched alkanes of at least 4 members (excludes halogenated alkanes) is 1. The molecule has 30 heteroatoms. The summed E-state index contributed by atoms with van der Waals surface area (Å²) in [6, 6.07) is 19.6. The zero-order valence-corrected chi connectivity index (χ0v) is 65.6. The number of para-hydroxylation sites is 3. The molecule has 0 spiro atoms. The molecule has 8 aromatic rings. The minimum Gasteiger partial charge on any atom is -0.508 e. The van der Waals surface area contributed by atoms with Crippen molar-refractivity contribution in [1.82, 2.24) is 67.7 Å². The number of phenols is 2. The number of aromatic amines is 3. The fourth-order valence-electron chi connectivity index (χ4n) is 14.1. The molecule has 11 atom stereocenters. The number of amides is 10. The lowest BCUT2D eigenvalue weighted by Crippen LogP contribution is -2.62. The van der Waals surface area contributed by atoms with Gasteiger partial charge in [0.1, 0.15) is 71.9 Å². The first-order valence-corrected chi connectivity index (χ1v) is 39.9. The van der Waals surface area contributed by atoms with Crippen molar-refractivity contribution in [2.45, 2.75) is 185 Å². The van der Waals surface area contributed by atoms with Crippen LogP contribution in [0.25, 0.3) is 32.7 Å². The molecule has 0 radical (unpaired) electrons. The third-order valence-corrected chi connectivity index (χ3v) is 21.0. The van der Waals surface area contributed by atoms with Gasteiger partial charge < -0.3 is 94.5 Å². The van der Waals surface area contributed by atoms with Gasteiger partial charge in [-0.15, -0.1) is 0 Å². The lowest BCUT2D eigenvalue weighted by molar-refractivity contribution is -0.143. The number of nitrogens with two attached hydrogens (primary N) is 2. The number of rotatable bonds is 41. The smallest absolute Gasteiger partial charge is 0.326 e. The Labute approximate surface area is 660 Å². The second-order valence-corrected chi connectivity index (χ2v) is 31.1. The van der Waals surface area contributed by atoms with E-state index in [0.29, 0.717) is 64.6 Å². The van der Waals surface area contributed by atoms with Gasteiger partial charge in [-0.3, -0.25) is 47.9 Å². The Bertz CT molecular complexity index is 4620. The highest BCUT2D eigenvalue weighted by Gasteiger charge is 2.42. The number of aromatic hydroxyl groups is 2. The number of thioether (sulfide) groups is 1. The molecule has 4 heterocycles. The van der Waals surface area contributed by atoms with Crippen molar-refractivity contribution in [1.29, 1.82) is 0 Å². The van der Waals surface area contributed by atoms with Gasteiger partial charge in [0.05, 0.1) is 6.04 Å². The van der Waals surface area contributed by atoms with E-state index in [9.17, 15) is 44.1 Å². The summed E-state index contributed by atoms with van der Waals surface area (Å²) in [5, 5.41) is 58.2. The molecule has 1 saturated heterocycles. The second-order valence-electron chi connectivity index (χ2n) is 30.2. The van der Waals surface area contributed by atoms with Crippen LogP contribution < -0.4 is 59.3 Å². The molecule has 29 nitrogen and oxygen atoms in total. The highest BCUT2D eigenvalue weighted by Crippen LogP contribution is 2.27. The van der Waals surface area contributed by atoms with Gasteiger partial charge >= 0.3 is 5.97 Å². The summed E-state index contributed by atoms with van der Waals surface area (Å²) in [5.74, 6) is -9.63. The van der Waals surface area contributed by atoms with Crippen molar-refractivity contribution in [3.05, 3.63) is 168 Å². The predicted octanol–water partition coefficient (Wildman–Crippen LogP) is 5.06. The number of carbonyl (C=O) groups excluding carboxylic acids is 10. The maximum Gasteiger partial charge on any atom is 0.326 e. The summed E-state index contributed by atoms with van der Waals surface area (Å²) in [7, 11) is 0. The van der Waals surface area contributed by atoms with Crippen molar-refractivity contribution in [3.63, 3.8) is 0 Å². The molecule has 1 aliphatic rings. The van der Waals surface area contributed by atoms with Crippen molar-refractivity contribution in [2.24, 2.45) is 29.2 Å². The molecule has 3 aromatic heterocycles. The Morgan fingerprint density at radius 2 is 0.858 bits per heavy atom. The number of hydrogen-bond donors (Lipinski definition) is 17. The Hall–Kier alpha value is -11.2. The number of likely N-dealkylation sites (tertiary alicyclic amines) is 1. The van der Waals surface area contributed by atoms with Gasteiger partial charge in [-0.25, -0.2) is 4.79 Å². The van der Waals surface area contributed by atoms with Crippen molar-refractivity contribution >= 4 is 110 Å². The molecule has 5 aromatic carbocycles. The molecule has 10 amide bonds. The van der Waals surface area contributed by atoms with Crippen molar-refractivity contribution < 1.29 is 68.1 Å². The highest BCUT2D eigenvalue weighted by molar-refractivity contribution is 7.98. The minimum atomic E-state index is -1.49. The maximum atomic E-state index is 15.7. The average molecular weight is 1570 g/mol. The quantitative estimate of drug-likeness (QED) is 0.0223. The number of carboxylic acid groups (broad SMARTS) is 1. The largest absolute Gasteiger partial charge is 0.508 e. The molecule has 9 rings (SSSR count). The van der Waals surface area contributed by atoms with Crippen LogP contribution in [0.15, 0.2) is 140 Å². The summed E-state index contributed by atoms with van der Waals surface area (Å²) >= 11 is 1.50. The summed E-state index contributed by atoms with van der Waals surface area (Å²) in [6.45, 7) is 10.7. The van der Waals surface area contributed by atoms with Crippen LogP contribution in [0.2, 0.25) is 0 Å². The van der Waals surface area contributed by atoms with Gasteiger partial charge in [0, 0.05) is 89.9 Å². The predicted molar refractivity (Wildman–Crippen MR) is 432 cm³/mol. The number of nitrogens with zero attached hydrogens (tertiary/aromatic N) is 1. The molecule has 0 unspecified atom stereocenters. The fraction of sp³-hybridized carbons (Fsp3) is 0.434. The number of carbonyl (C=O) groups is 11. The van der Waals surface area contributed by atoms with E-state index >= 15 is 24.0 Å². The number of carboxylic acids is 1. The Kier molecular flexibility index (Phi) is 31.0. The zero-order valence-electron chi connectivity index (χ0n) is 64.8. The molecule has 0 saturated carbocycles. The molecule has 1 fully saturated rings. The summed E-state index contributed by atoms with van der Waals surface area (Å²) in [6.07, 6.45) is 8.08. The number of phenolic OH excluding ortho intramolecular Hbond substituents is 2. The lowest BCUT2D eigenvalue weighted by Gasteiger charge is -2.31. The second kappa shape index (κ2) is 40.8. The first-order valence-electron chi connectivity index (χ1n) is 38.5. The molecular weight excluding hydrogens is 1460 g/mol. The topological polar surface area (TPSA) is 459 Å². The van der Waals surface area contributed by atoms with E-state index < -0.39 is 143 Å². The molecular formula is C83H107N15O14S. The van der Waals surface area contributed by atoms with E-state index in [4.69, 9.17) is 11.5 Å². The maximum absolute atomic E-state index is 15.7. The average Bonchev–Trinajstić information content (AvgIpc) is 1.66. The Balaban J connectivity index is 0.980. The Morgan fingerprint density at radius 1 is 0.469 bits per heavy atom. The summed E-state index contributed by atoms with van der Waals surface area (Å²) < 4.78 is 0. The van der Waals surface area contributed by atoms with Crippen LogP contribution in [0.4, 0.5) is 0 Å². The van der Waals surface area contributed by atoms with E-state index in [1.165, 1.54) is 40.9 Å². The van der Waals surface area contributed by atoms with Gasteiger partial charge in [0.25, 0.3) is 0 Å². The Morgan fingerprint density at radius 3 is 1.30 bits per heavy atom. The number of hydrogen-bond acceptors (Lipinski definition) is 16. The summed E-state index contributed by atoms with van der Waals surface area (Å²) in [4.78, 5) is 172. The van der Waals surface area contributed by atoms with E-state index in [1.54, 1.807) is 70.6 Å². The van der Waals surface area contributed by atoms with E-state index in [-0.39, 0.29) is 81.9 Å². The van der Waals surface area contributed by atoms with Gasteiger partial charge in [-0.1, -0.05) is 120 Å². The number of nitrogens with one attached hydrogen (secondary N) is 12. The van der Waals surface area contributed by atoms with Crippen molar-refractivity contribution in [2.75, 3.05) is 25.1 Å². The van der Waals surface area contributed by atoms with E-state index in [0.717, 1.165) is 27.3 Å². The van der Waals surface area contributed by atoms with Crippen LogP contribution in [-0.4, -0.2) is 192 Å². The molecule has 604 valence electrons. The number of H-pyrrole nitrogens is 3. The SMILES string of the molecule is CSCC[C@H](N)C(=O)N[C@@H](Cc1ccc(O)cc1)C(=O)N[C@H](C(=O)N[C@@H](CCCCN)C(=O)N[C@@H](Cc1c[nH]c2ccccc12)C(=O)N1CCC[C@H]1C(=O)N[C@@H](Cc1c[nH]c2ccccc12)C(=O)N[C@@H](Cc1ccc(O)cc1)C(=O)N[C@H](C(=O)N[C@@H](Cc1c[nH]c2ccccc12)C(=O)N[C@@H](CC(C)C)C(=O)O)C(C)C)C(C)C. The van der Waals surface area contributed by atoms with Gasteiger partial charge in [0.2, 0.25) is 59.1 Å². The van der Waals surface area contributed by atoms with Crippen LogP contribution >= 0.6 is 11.8 Å². The van der Waals surface area contributed by atoms with Crippen LogP contribution in [-0.2, 0) is 84.8 Å². The van der Waals surface area contributed by atoms with Crippen LogP contribution in [0.5, 0.6) is 11.5 Å². The normalized spacial score (nSPS) is 15.6. The fourth-order valence-corrected chi connectivity index (χ4v) is 14.6. The molecule has 19 N–H and O–H groups in total. The molecule has 113 heavy (non-hydrogen) atoms. The van der Waals surface area contributed by atoms with Crippen LogP contribution in [0.1, 0.15) is 114 Å². The van der Waals surface area contributed by atoms with Crippen molar-refractivity contribution in [3.8, 4) is 11.5 Å². The van der Waals surface area contributed by atoms with Crippen LogP contribution in [0, 0.1) is 17.8 Å². The molecule has 0 aliphatic carbocycles. The van der Waals surface area contributed by atoms with E-state index in [2.05, 4.69) is 62.8 Å². The van der Waals surface area contributed by atoms with Gasteiger partial charge in [-0.05, 0) is 152 Å². The number of benzene rings is 5. The highest BCUT2D eigenvalue weighted by atomic mass is 32.2. The number of fused-ring (bicyclic) bond motifs is 3. The number of aliphatic carboxylic acids is 1. The first-order chi connectivity index (χ1) is 54.1. The zero-order chi connectivity index (χ0) is 81.6. The monoisotopic (exact) mass is 1570 g/mol. The summed E-state index contributed by atoms with van der Waals surface area (Å²) in [5.41, 5.74) is 17.3. The standard InChI is InChI=1S/C83H107N15O14S/c1-46(2)37-69(83(111)112)95-76(104)67(41-52-44-87-61-21-12-9-18-57(52)61)93-81(109)72(48(5)6)97-78(106)65(39-50-27-31-55(100)32-28-50)91-75(103)66(40-51-43-86-60-20-11-8-17-56(51)60)92-79(107)70-24-16-35-98(70)82(110)68(42-53-45-88-62-22-13-10-19-58(53)62)94-74(102)63(23-14-15-34-84)89-80(108)71(47(3)4)96-77(105)64(38-49-25-29-54(99)30-26-49)90-73(101)59(85)33-36-113-7/h8-13,17-22,25-32,43-48,59,63-72,86-88,99-100H,14-16,23-24,33-42,84-85H2,1-7H3,(H,89,108)(H,90,101)(H,91,103)(H,92,107)(H,93,109)(H,94,102)(H,95,104)(H,96,105)(H,97,106)(H,111,112)/t59-,63-,64-,65-,66-,67-,68-,69-,70-,71-,72-/m0/s1. The molecule has 1 aliphatic heterocycles. The van der Waals surface area contributed by atoms with Crippen LogP contribution in [0.3, 0.4) is 0 Å².